The van der Waals surface area contributed by atoms with Gasteiger partial charge in [-0.1, -0.05) is 0 Å². The highest BCUT2D eigenvalue weighted by molar-refractivity contribution is 5.92. The van der Waals surface area contributed by atoms with Gasteiger partial charge in [-0.05, 0) is 48.5 Å². The van der Waals surface area contributed by atoms with Crippen LogP contribution in [-0.2, 0) is 4.74 Å². The number of ether oxygens (including phenoxy) is 1. The van der Waals surface area contributed by atoms with Crippen molar-refractivity contribution in [3.63, 3.8) is 0 Å². The number of aryl methyl sites for hydroxylation is 2. The number of esters is 1. The van der Waals surface area contributed by atoms with E-state index in [-0.39, 0.29) is 23.2 Å². The molecule has 1 N–H and O–H groups in total. The Kier molecular flexibility index (Phi) is 3.96. The van der Waals surface area contributed by atoms with Crippen molar-refractivity contribution in [2.45, 2.75) is 78.5 Å². The number of carbonyl (C=O) groups is 1. The molecule has 0 amide bonds. The first-order valence-electron chi connectivity index (χ1n) is 7.58. The molecule has 4 nitrogen and oxygen atoms in total. The van der Waals surface area contributed by atoms with Crippen molar-refractivity contribution in [3.8, 4) is 0 Å². The van der Waals surface area contributed by atoms with Gasteiger partial charge in [0.2, 0.25) is 0 Å². The molecule has 0 atom stereocenters. The van der Waals surface area contributed by atoms with Gasteiger partial charge < -0.3 is 14.5 Å². The molecule has 2 rings (SSSR count). The summed E-state index contributed by atoms with van der Waals surface area (Å²) in [4.78, 5) is 12.5. The maximum absolute atomic E-state index is 12.5. The van der Waals surface area contributed by atoms with Crippen LogP contribution in [-0.4, -0.2) is 23.2 Å². The zero-order valence-corrected chi connectivity index (χ0v) is 14.2. The molecule has 1 saturated heterocycles. The first-order valence-corrected chi connectivity index (χ1v) is 7.58. The normalized spacial score (nSPS) is 21.3. The maximum atomic E-state index is 12.5. The largest absolute Gasteiger partial charge is 0.465 e. The molecule has 21 heavy (non-hydrogen) atoms. The minimum Gasteiger partial charge on any atom is -0.465 e. The summed E-state index contributed by atoms with van der Waals surface area (Å²) in [6, 6.07) is 0. The van der Waals surface area contributed by atoms with Crippen LogP contribution in [0.15, 0.2) is 4.42 Å². The standard InChI is InChI=1S/C17H27NO3/c1-10-11(2)20-12(3)14(10)15(19)21-13-8-16(4,5)18-17(6,7)9-13/h13,18H,8-9H2,1-7H3. The summed E-state index contributed by atoms with van der Waals surface area (Å²) in [5, 5.41) is 3.59. The molecule has 1 aliphatic rings. The highest BCUT2D eigenvalue weighted by Gasteiger charge is 2.39. The summed E-state index contributed by atoms with van der Waals surface area (Å²) >= 11 is 0. The van der Waals surface area contributed by atoms with Crippen LogP contribution in [0.5, 0.6) is 0 Å². The van der Waals surface area contributed by atoms with Crippen molar-refractivity contribution < 1.29 is 13.9 Å². The van der Waals surface area contributed by atoms with Crippen molar-refractivity contribution in [2.24, 2.45) is 0 Å². The number of nitrogens with one attached hydrogen (secondary N) is 1. The van der Waals surface area contributed by atoms with Crippen molar-refractivity contribution in [1.82, 2.24) is 5.32 Å². The van der Waals surface area contributed by atoms with Gasteiger partial charge in [0.25, 0.3) is 0 Å². The van der Waals surface area contributed by atoms with Gasteiger partial charge in [-0.25, -0.2) is 4.79 Å². The Morgan fingerprint density at radius 2 is 1.62 bits per heavy atom. The van der Waals surface area contributed by atoms with E-state index in [2.05, 4.69) is 33.0 Å². The van der Waals surface area contributed by atoms with E-state index < -0.39 is 0 Å². The lowest BCUT2D eigenvalue weighted by atomic mass is 9.81. The molecule has 0 unspecified atom stereocenters. The van der Waals surface area contributed by atoms with E-state index >= 15 is 0 Å². The average molecular weight is 293 g/mol. The van der Waals surface area contributed by atoms with Crippen molar-refractivity contribution in [1.29, 1.82) is 0 Å². The van der Waals surface area contributed by atoms with Crippen LogP contribution in [0.3, 0.4) is 0 Å². The second-order valence-electron chi connectivity index (χ2n) is 7.54. The lowest BCUT2D eigenvalue weighted by Crippen LogP contribution is -2.59. The van der Waals surface area contributed by atoms with Gasteiger partial charge in [0.1, 0.15) is 23.2 Å². The van der Waals surface area contributed by atoms with E-state index in [4.69, 9.17) is 9.15 Å². The van der Waals surface area contributed by atoms with Crippen LogP contribution in [0.1, 0.15) is 68.0 Å². The number of rotatable bonds is 2. The molecular weight excluding hydrogens is 266 g/mol. The first-order chi connectivity index (χ1) is 9.51. The molecule has 1 fully saturated rings. The van der Waals surface area contributed by atoms with Crippen molar-refractivity contribution >= 4 is 5.97 Å². The molecule has 0 spiro atoms. The zero-order valence-electron chi connectivity index (χ0n) is 14.2. The molecule has 0 aliphatic carbocycles. The molecule has 0 saturated carbocycles. The molecule has 1 aliphatic heterocycles. The van der Waals surface area contributed by atoms with Crippen LogP contribution in [0.2, 0.25) is 0 Å². The SMILES string of the molecule is Cc1oc(C)c(C(=O)OC2CC(C)(C)NC(C)(C)C2)c1C. The average Bonchev–Trinajstić information content (AvgIpc) is 2.47. The summed E-state index contributed by atoms with van der Waals surface area (Å²) in [5.74, 6) is 1.16. The third kappa shape index (κ3) is 3.49. The van der Waals surface area contributed by atoms with E-state index in [0.29, 0.717) is 11.3 Å². The van der Waals surface area contributed by atoms with Gasteiger partial charge in [-0.3, -0.25) is 0 Å². The van der Waals surface area contributed by atoms with Gasteiger partial charge in [0.15, 0.2) is 0 Å². The van der Waals surface area contributed by atoms with Crippen LogP contribution in [0.4, 0.5) is 0 Å². The smallest absolute Gasteiger partial charge is 0.342 e. The molecule has 2 heterocycles. The Hall–Kier alpha value is -1.29. The number of carbonyl (C=O) groups excluding carboxylic acids is 1. The topological polar surface area (TPSA) is 51.5 Å². The number of hydrogen-bond donors (Lipinski definition) is 1. The lowest BCUT2D eigenvalue weighted by Gasteiger charge is -2.45. The summed E-state index contributed by atoms with van der Waals surface area (Å²) in [5.41, 5.74) is 1.39. The minimum atomic E-state index is -0.264. The van der Waals surface area contributed by atoms with Gasteiger partial charge in [0, 0.05) is 29.5 Å². The second kappa shape index (κ2) is 5.16. The Balaban J connectivity index is 2.16. The van der Waals surface area contributed by atoms with Gasteiger partial charge in [0.05, 0.1) is 0 Å². The Morgan fingerprint density at radius 3 is 2.05 bits per heavy atom. The first kappa shape index (κ1) is 16.1. The zero-order chi connectivity index (χ0) is 16.0. The van der Waals surface area contributed by atoms with E-state index in [1.54, 1.807) is 0 Å². The summed E-state index contributed by atoms with van der Waals surface area (Å²) in [6.45, 7) is 14.2. The molecule has 1 aromatic rings. The number of hydrogen-bond acceptors (Lipinski definition) is 4. The van der Waals surface area contributed by atoms with Crippen LogP contribution in [0.25, 0.3) is 0 Å². The van der Waals surface area contributed by atoms with Crippen molar-refractivity contribution in [2.75, 3.05) is 0 Å². The molecule has 1 aromatic heterocycles. The predicted molar refractivity (Wildman–Crippen MR) is 82.7 cm³/mol. The quantitative estimate of drug-likeness (QED) is 0.845. The Labute approximate surface area is 127 Å². The van der Waals surface area contributed by atoms with Crippen LogP contribution >= 0.6 is 0 Å². The number of furan rings is 1. The third-order valence-electron chi connectivity index (χ3n) is 4.19. The summed E-state index contributed by atoms with van der Waals surface area (Å²) < 4.78 is 11.3. The van der Waals surface area contributed by atoms with Crippen LogP contribution < -0.4 is 5.32 Å². The van der Waals surface area contributed by atoms with Crippen LogP contribution in [0, 0.1) is 20.8 Å². The molecular formula is C17H27NO3. The highest BCUT2D eigenvalue weighted by atomic mass is 16.5. The Morgan fingerprint density at radius 1 is 1.10 bits per heavy atom. The monoisotopic (exact) mass is 293 g/mol. The predicted octanol–water partition coefficient (Wildman–Crippen LogP) is 3.67. The van der Waals surface area contributed by atoms with Gasteiger partial charge in [-0.2, -0.15) is 0 Å². The molecule has 4 heteroatoms. The fourth-order valence-corrected chi connectivity index (χ4v) is 3.62. The lowest BCUT2D eigenvalue weighted by molar-refractivity contribution is -0.00655. The van der Waals surface area contributed by atoms with E-state index in [9.17, 15) is 4.79 Å². The maximum Gasteiger partial charge on any atom is 0.342 e. The van der Waals surface area contributed by atoms with E-state index in [1.165, 1.54) is 0 Å². The molecule has 0 aromatic carbocycles. The minimum absolute atomic E-state index is 0.0386. The third-order valence-corrected chi connectivity index (χ3v) is 4.19. The summed E-state index contributed by atoms with van der Waals surface area (Å²) in [7, 11) is 0. The molecule has 0 bridgehead atoms. The second-order valence-corrected chi connectivity index (χ2v) is 7.54. The Bertz CT molecular complexity index is 539. The van der Waals surface area contributed by atoms with Gasteiger partial charge >= 0.3 is 5.97 Å². The fraction of sp³-hybridized carbons (Fsp3) is 0.706. The highest BCUT2D eigenvalue weighted by Crippen LogP contribution is 2.31. The fourth-order valence-electron chi connectivity index (χ4n) is 3.62. The van der Waals surface area contributed by atoms with E-state index in [1.807, 2.05) is 20.8 Å². The molecule has 118 valence electrons. The molecule has 0 radical (unpaired) electrons. The number of piperidine rings is 1. The van der Waals surface area contributed by atoms with E-state index in [0.717, 1.165) is 24.2 Å². The van der Waals surface area contributed by atoms with Gasteiger partial charge in [-0.15, -0.1) is 0 Å². The van der Waals surface area contributed by atoms with Crippen molar-refractivity contribution in [3.05, 3.63) is 22.6 Å². The summed E-state index contributed by atoms with van der Waals surface area (Å²) in [6.07, 6.45) is 1.56.